The molecule has 30 heavy (non-hydrogen) atoms. The first-order valence-electron chi connectivity index (χ1n) is 9.93. The van der Waals surface area contributed by atoms with Crippen molar-refractivity contribution in [3.63, 3.8) is 0 Å². The van der Waals surface area contributed by atoms with Gasteiger partial charge in [0.05, 0.1) is 10.6 Å². The molecule has 9 heteroatoms. The minimum Gasteiger partial charge on any atom is -0.366 e. The van der Waals surface area contributed by atoms with Gasteiger partial charge in [-0.1, -0.05) is 23.7 Å². The zero-order valence-corrected chi connectivity index (χ0v) is 17.9. The third-order valence-corrected chi connectivity index (χ3v) is 7.87. The Morgan fingerprint density at radius 3 is 2.30 bits per heavy atom. The first kappa shape index (κ1) is 21.1. The highest BCUT2D eigenvalue weighted by Crippen LogP contribution is 2.29. The molecule has 2 aliphatic rings. The van der Waals surface area contributed by atoms with E-state index >= 15 is 0 Å². The van der Waals surface area contributed by atoms with Gasteiger partial charge in [-0.2, -0.15) is 4.31 Å². The second-order valence-electron chi connectivity index (χ2n) is 7.49. The summed E-state index contributed by atoms with van der Waals surface area (Å²) < 4.78 is 41.5. The third kappa shape index (κ3) is 4.04. The van der Waals surface area contributed by atoms with Gasteiger partial charge >= 0.3 is 0 Å². The molecule has 2 aromatic carbocycles. The number of benzene rings is 2. The quantitative estimate of drug-likeness (QED) is 0.717. The number of halogens is 2. The standard InChI is InChI=1S/C21H23ClFN3O3S/c22-16-7-9-17(10-8-16)30(28,29)26-11-3-6-20(26)21(27)25-14-12-24(13-15-25)19-5-2-1-4-18(19)23/h1-2,4-5,7-10,20H,3,6,11-15H2/t20-/m1/s1. The second kappa shape index (κ2) is 8.53. The van der Waals surface area contributed by atoms with Crippen molar-refractivity contribution in [2.45, 2.75) is 23.8 Å². The fourth-order valence-electron chi connectivity index (χ4n) is 4.10. The Bertz CT molecular complexity index is 1020. The molecule has 0 N–H and O–H groups in total. The van der Waals surface area contributed by atoms with Crippen LogP contribution in [-0.2, 0) is 14.8 Å². The Morgan fingerprint density at radius 1 is 0.967 bits per heavy atom. The van der Waals surface area contributed by atoms with Crippen LogP contribution in [0.15, 0.2) is 53.4 Å². The summed E-state index contributed by atoms with van der Waals surface area (Å²) in [6.45, 7) is 2.18. The first-order chi connectivity index (χ1) is 14.4. The summed E-state index contributed by atoms with van der Waals surface area (Å²) in [6.07, 6.45) is 1.14. The van der Waals surface area contributed by atoms with Crippen LogP contribution >= 0.6 is 11.6 Å². The lowest BCUT2D eigenvalue weighted by atomic mass is 10.1. The monoisotopic (exact) mass is 451 g/mol. The number of piperazine rings is 1. The van der Waals surface area contributed by atoms with Gasteiger partial charge in [0.15, 0.2) is 0 Å². The molecule has 6 nitrogen and oxygen atoms in total. The van der Waals surface area contributed by atoms with Crippen LogP contribution in [0, 0.1) is 5.82 Å². The van der Waals surface area contributed by atoms with E-state index in [1.165, 1.54) is 34.6 Å². The summed E-state index contributed by atoms with van der Waals surface area (Å²) >= 11 is 5.87. The number of anilines is 1. The lowest BCUT2D eigenvalue weighted by Gasteiger charge is -2.38. The molecule has 0 aromatic heterocycles. The molecule has 2 fully saturated rings. The van der Waals surface area contributed by atoms with Gasteiger partial charge in [0.25, 0.3) is 0 Å². The largest absolute Gasteiger partial charge is 0.366 e. The molecule has 160 valence electrons. The number of sulfonamides is 1. The molecular formula is C21H23ClFN3O3S. The Morgan fingerprint density at radius 2 is 1.63 bits per heavy atom. The van der Waals surface area contributed by atoms with Gasteiger partial charge in [0.1, 0.15) is 11.9 Å². The predicted octanol–water partition coefficient (Wildman–Crippen LogP) is 2.98. The Labute approximate surface area is 180 Å². The van der Waals surface area contributed by atoms with Gasteiger partial charge in [-0.3, -0.25) is 4.79 Å². The fourth-order valence-corrected chi connectivity index (χ4v) is 5.88. The van der Waals surface area contributed by atoms with Crippen molar-refractivity contribution in [2.24, 2.45) is 0 Å². The van der Waals surface area contributed by atoms with E-state index in [0.29, 0.717) is 56.3 Å². The molecule has 4 rings (SSSR count). The smallest absolute Gasteiger partial charge is 0.243 e. The van der Waals surface area contributed by atoms with Gasteiger partial charge in [0, 0.05) is 37.7 Å². The number of carbonyl (C=O) groups is 1. The minimum absolute atomic E-state index is 0.135. The molecule has 2 aliphatic heterocycles. The van der Waals surface area contributed by atoms with Crippen molar-refractivity contribution in [1.82, 2.24) is 9.21 Å². The average Bonchev–Trinajstić information content (AvgIpc) is 3.25. The maximum Gasteiger partial charge on any atom is 0.243 e. The van der Waals surface area contributed by atoms with Crippen LogP contribution in [0.4, 0.5) is 10.1 Å². The Kier molecular flexibility index (Phi) is 5.99. The van der Waals surface area contributed by atoms with Crippen molar-refractivity contribution in [1.29, 1.82) is 0 Å². The van der Waals surface area contributed by atoms with Gasteiger partial charge < -0.3 is 9.80 Å². The number of rotatable bonds is 4. The van der Waals surface area contributed by atoms with Crippen molar-refractivity contribution in [3.8, 4) is 0 Å². The summed E-state index contributed by atoms with van der Waals surface area (Å²) in [5.74, 6) is -0.466. The molecular weight excluding hydrogens is 429 g/mol. The number of carbonyl (C=O) groups excluding carboxylic acids is 1. The number of hydrogen-bond donors (Lipinski definition) is 0. The van der Waals surface area contributed by atoms with Crippen LogP contribution in [0.25, 0.3) is 0 Å². The summed E-state index contributed by atoms with van der Waals surface area (Å²) in [5, 5.41) is 0.454. The highest BCUT2D eigenvalue weighted by atomic mass is 35.5. The molecule has 2 heterocycles. The number of nitrogens with zero attached hydrogens (tertiary/aromatic N) is 3. The molecule has 0 spiro atoms. The van der Waals surface area contributed by atoms with Crippen molar-refractivity contribution >= 4 is 33.2 Å². The van der Waals surface area contributed by atoms with E-state index in [2.05, 4.69) is 0 Å². The van der Waals surface area contributed by atoms with Gasteiger partial charge in [0.2, 0.25) is 15.9 Å². The van der Waals surface area contributed by atoms with E-state index < -0.39 is 16.1 Å². The Hall–Kier alpha value is -2.16. The minimum atomic E-state index is -3.78. The van der Waals surface area contributed by atoms with Crippen molar-refractivity contribution in [3.05, 3.63) is 59.4 Å². The molecule has 1 atom stereocenters. The van der Waals surface area contributed by atoms with E-state index in [4.69, 9.17) is 11.6 Å². The summed E-state index contributed by atoms with van der Waals surface area (Å²) in [7, 11) is -3.78. The maximum atomic E-state index is 14.0. The first-order valence-corrected chi connectivity index (χ1v) is 11.8. The zero-order valence-electron chi connectivity index (χ0n) is 16.4. The molecule has 2 aromatic rings. The average molecular weight is 452 g/mol. The van der Waals surface area contributed by atoms with Crippen LogP contribution in [0.2, 0.25) is 5.02 Å². The van der Waals surface area contributed by atoms with E-state index in [-0.39, 0.29) is 16.6 Å². The van der Waals surface area contributed by atoms with Crippen LogP contribution in [-0.4, -0.2) is 62.3 Å². The van der Waals surface area contributed by atoms with E-state index in [0.717, 1.165) is 0 Å². The summed E-state index contributed by atoms with van der Waals surface area (Å²) in [4.78, 5) is 16.9. The molecule has 0 radical (unpaired) electrons. The fraction of sp³-hybridized carbons (Fsp3) is 0.381. The summed E-state index contributed by atoms with van der Waals surface area (Å²) in [6, 6.07) is 11.9. The van der Waals surface area contributed by atoms with Crippen LogP contribution < -0.4 is 4.90 Å². The van der Waals surface area contributed by atoms with E-state index in [9.17, 15) is 17.6 Å². The lowest BCUT2D eigenvalue weighted by molar-refractivity contribution is -0.134. The lowest BCUT2D eigenvalue weighted by Crippen LogP contribution is -2.54. The van der Waals surface area contributed by atoms with Gasteiger partial charge in [-0.25, -0.2) is 12.8 Å². The van der Waals surface area contributed by atoms with E-state index in [1.807, 2.05) is 4.90 Å². The van der Waals surface area contributed by atoms with Crippen LogP contribution in [0.3, 0.4) is 0 Å². The topological polar surface area (TPSA) is 60.9 Å². The van der Waals surface area contributed by atoms with Crippen molar-refractivity contribution in [2.75, 3.05) is 37.6 Å². The molecule has 0 bridgehead atoms. The highest BCUT2D eigenvalue weighted by Gasteiger charge is 2.41. The highest BCUT2D eigenvalue weighted by molar-refractivity contribution is 7.89. The van der Waals surface area contributed by atoms with E-state index in [1.54, 1.807) is 23.1 Å². The molecule has 1 amide bonds. The van der Waals surface area contributed by atoms with Crippen molar-refractivity contribution < 1.29 is 17.6 Å². The maximum absolute atomic E-state index is 14.0. The molecule has 2 saturated heterocycles. The Balaban J connectivity index is 1.45. The molecule has 0 aliphatic carbocycles. The number of amides is 1. The van der Waals surface area contributed by atoms with Gasteiger partial charge in [-0.05, 0) is 49.2 Å². The van der Waals surface area contributed by atoms with Crippen LogP contribution in [0.5, 0.6) is 0 Å². The zero-order chi connectivity index (χ0) is 21.3. The third-order valence-electron chi connectivity index (χ3n) is 5.69. The molecule has 0 unspecified atom stereocenters. The number of hydrogen-bond acceptors (Lipinski definition) is 4. The van der Waals surface area contributed by atoms with Gasteiger partial charge in [-0.15, -0.1) is 0 Å². The predicted molar refractivity (Wildman–Crippen MR) is 114 cm³/mol. The normalized spacial score (nSPS) is 20.5. The second-order valence-corrected chi connectivity index (χ2v) is 9.82. The molecule has 0 saturated carbocycles. The van der Waals surface area contributed by atoms with Crippen LogP contribution in [0.1, 0.15) is 12.8 Å². The summed E-state index contributed by atoms with van der Waals surface area (Å²) in [5.41, 5.74) is 0.525. The number of para-hydroxylation sites is 1. The SMILES string of the molecule is O=C([C@H]1CCCN1S(=O)(=O)c1ccc(Cl)cc1)N1CCN(c2ccccc2F)CC1.